The molecule has 1 N–H and O–H groups in total. The normalized spacial score (nSPS) is 11.4. The molecular weight excluding hydrogens is 258 g/mol. The van der Waals surface area contributed by atoms with Gasteiger partial charge in [0.15, 0.2) is 0 Å². The maximum absolute atomic E-state index is 4.79. The highest BCUT2D eigenvalue weighted by molar-refractivity contribution is 5.59. The number of rotatable bonds is 5. The van der Waals surface area contributed by atoms with Gasteiger partial charge in [0.05, 0.1) is 5.69 Å². The molecule has 1 heterocycles. The van der Waals surface area contributed by atoms with Gasteiger partial charge in [-0.1, -0.05) is 24.3 Å². The van der Waals surface area contributed by atoms with E-state index in [2.05, 4.69) is 80.4 Å². The van der Waals surface area contributed by atoms with E-state index < -0.39 is 0 Å². The van der Waals surface area contributed by atoms with Crippen LogP contribution in [0.5, 0.6) is 0 Å². The topological polar surface area (TPSA) is 28.2 Å². The second-order valence-corrected chi connectivity index (χ2v) is 6.17. The van der Waals surface area contributed by atoms with Gasteiger partial charge in [-0.2, -0.15) is 0 Å². The van der Waals surface area contributed by atoms with E-state index in [1.54, 1.807) is 0 Å². The zero-order chi connectivity index (χ0) is 15.3. The van der Waals surface area contributed by atoms with E-state index in [0.717, 1.165) is 24.6 Å². The largest absolute Gasteiger partial charge is 0.327 e. The van der Waals surface area contributed by atoms with Gasteiger partial charge >= 0.3 is 0 Å². The maximum atomic E-state index is 4.79. The van der Waals surface area contributed by atoms with E-state index in [1.165, 1.54) is 5.69 Å². The van der Waals surface area contributed by atoms with Crippen LogP contribution in [0, 0.1) is 0 Å². The van der Waals surface area contributed by atoms with Crippen LogP contribution in [-0.4, -0.2) is 17.1 Å². The number of hydrogen-bond acceptors (Lipinski definition) is 3. The van der Waals surface area contributed by atoms with Gasteiger partial charge in [0.2, 0.25) is 0 Å². The van der Waals surface area contributed by atoms with Crippen molar-refractivity contribution >= 4 is 11.5 Å². The Kier molecular flexibility index (Phi) is 4.97. The Labute approximate surface area is 128 Å². The Hall–Kier alpha value is -1.87. The minimum Gasteiger partial charge on any atom is -0.327 e. The van der Waals surface area contributed by atoms with E-state index >= 15 is 0 Å². The van der Waals surface area contributed by atoms with Crippen LogP contribution >= 0.6 is 0 Å². The van der Waals surface area contributed by atoms with Gasteiger partial charge in [0, 0.05) is 24.3 Å². The molecule has 2 rings (SSSR count). The molecule has 0 amide bonds. The van der Waals surface area contributed by atoms with Gasteiger partial charge in [-0.25, -0.2) is 4.98 Å². The van der Waals surface area contributed by atoms with Crippen LogP contribution in [0.4, 0.5) is 11.5 Å². The predicted octanol–water partition coefficient (Wildman–Crippen LogP) is 4.13. The van der Waals surface area contributed by atoms with Crippen molar-refractivity contribution in [2.45, 2.75) is 39.8 Å². The third-order valence-corrected chi connectivity index (χ3v) is 3.25. The van der Waals surface area contributed by atoms with Crippen molar-refractivity contribution in [3.63, 3.8) is 0 Å². The Morgan fingerprint density at radius 3 is 2.33 bits per heavy atom. The van der Waals surface area contributed by atoms with Crippen molar-refractivity contribution in [2.75, 3.05) is 11.4 Å². The summed E-state index contributed by atoms with van der Waals surface area (Å²) in [4.78, 5) is 7.01. The first-order valence-electron chi connectivity index (χ1n) is 7.53. The van der Waals surface area contributed by atoms with Gasteiger partial charge in [0.1, 0.15) is 5.82 Å². The molecule has 3 heteroatoms. The summed E-state index contributed by atoms with van der Waals surface area (Å²) in [6, 6.07) is 16.6. The number of anilines is 2. The molecule has 1 aromatic carbocycles. The van der Waals surface area contributed by atoms with Crippen LogP contribution in [0.1, 0.15) is 33.4 Å². The number of hydrogen-bond donors (Lipinski definition) is 1. The van der Waals surface area contributed by atoms with Gasteiger partial charge in [-0.05, 0) is 52.0 Å². The van der Waals surface area contributed by atoms with E-state index in [-0.39, 0.29) is 5.54 Å². The number of aromatic nitrogens is 1. The van der Waals surface area contributed by atoms with Crippen molar-refractivity contribution in [3.8, 4) is 0 Å². The number of para-hydroxylation sites is 1. The molecular formula is C18H25N3. The van der Waals surface area contributed by atoms with Crippen LogP contribution in [0.15, 0.2) is 48.5 Å². The molecule has 2 aromatic rings. The van der Waals surface area contributed by atoms with Gasteiger partial charge in [-0.3, -0.25) is 0 Å². The second-order valence-electron chi connectivity index (χ2n) is 6.17. The molecule has 0 aliphatic heterocycles. The molecule has 0 unspecified atom stereocenters. The molecule has 112 valence electrons. The molecule has 0 radical (unpaired) electrons. The molecule has 0 atom stereocenters. The Morgan fingerprint density at radius 2 is 1.71 bits per heavy atom. The average molecular weight is 283 g/mol. The van der Waals surface area contributed by atoms with Gasteiger partial charge < -0.3 is 10.2 Å². The fourth-order valence-electron chi connectivity index (χ4n) is 2.16. The fourth-order valence-corrected chi connectivity index (χ4v) is 2.16. The van der Waals surface area contributed by atoms with Crippen LogP contribution in [0.2, 0.25) is 0 Å². The van der Waals surface area contributed by atoms with E-state index in [9.17, 15) is 0 Å². The van der Waals surface area contributed by atoms with E-state index in [1.807, 2.05) is 6.07 Å². The highest BCUT2D eigenvalue weighted by Gasteiger charge is 2.11. The summed E-state index contributed by atoms with van der Waals surface area (Å²) in [7, 11) is 0. The van der Waals surface area contributed by atoms with Crippen molar-refractivity contribution in [3.05, 3.63) is 54.2 Å². The zero-order valence-electron chi connectivity index (χ0n) is 13.4. The molecule has 0 fully saturated rings. The number of nitrogens with one attached hydrogen (secondary N) is 1. The Bertz CT molecular complexity index is 558. The first kappa shape index (κ1) is 15.5. The lowest BCUT2D eigenvalue weighted by molar-refractivity contribution is 0.421. The highest BCUT2D eigenvalue weighted by Crippen LogP contribution is 2.23. The lowest BCUT2D eigenvalue weighted by Gasteiger charge is -2.24. The van der Waals surface area contributed by atoms with Crippen LogP contribution in [-0.2, 0) is 6.54 Å². The van der Waals surface area contributed by atoms with Crippen LogP contribution < -0.4 is 10.2 Å². The van der Waals surface area contributed by atoms with Crippen LogP contribution in [0.25, 0.3) is 0 Å². The highest BCUT2D eigenvalue weighted by atomic mass is 15.2. The number of benzene rings is 1. The quantitative estimate of drug-likeness (QED) is 0.894. The van der Waals surface area contributed by atoms with Crippen molar-refractivity contribution in [2.24, 2.45) is 0 Å². The molecule has 0 aliphatic rings. The first-order valence-corrected chi connectivity index (χ1v) is 7.53. The SMILES string of the molecule is CCN(c1ccccc1)c1cccc(CNC(C)(C)C)n1. The Balaban J connectivity index is 2.19. The summed E-state index contributed by atoms with van der Waals surface area (Å²) in [5.41, 5.74) is 2.34. The molecule has 1 aromatic heterocycles. The fraction of sp³-hybridized carbons (Fsp3) is 0.389. The van der Waals surface area contributed by atoms with Gasteiger partial charge in [-0.15, -0.1) is 0 Å². The summed E-state index contributed by atoms with van der Waals surface area (Å²) in [6.07, 6.45) is 0. The van der Waals surface area contributed by atoms with Gasteiger partial charge in [0.25, 0.3) is 0 Å². The first-order chi connectivity index (χ1) is 9.99. The predicted molar refractivity (Wildman–Crippen MR) is 90.0 cm³/mol. The van der Waals surface area contributed by atoms with E-state index in [4.69, 9.17) is 4.98 Å². The minimum atomic E-state index is 0.0988. The summed E-state index contributed by atoms with van der Waals surface area (Å²) in [5, 5.41) is 3.48. The molecule has 3 nitrogen and oxygen atoms in total. The number of nitrogens with zero attached hydrogens (tertiary/aromatic N) is 2. The molecule has 0 spiro atoms. The molecule has 0 bridgehead atoms. The standard InChI is InChI=1S/C18H25N3/c1-5-21(16-11-7-6-8-12-16)17-13-9-10-15(20-17)14-19-18(2,3)4/h6-13,19H,5,14H2,1-4H3. The Morgan fingerprint density at radius 1 is 1.00 bits per heavy atom. The second kappa shape index (κ2) is 6.72. The average Bonchev–Trinajstić information content (AvgIpc) is 2.47. The lowest BCUT2D eigenvalue weighted by Crippen LogP contribution is -2.35. The van der Waals surface area contributed by atoms with Crippen molar-refractivity contribution in [1.82, 2.24) is 10.3 Å². The lowest BCUT2D eigenvalue weighted by atomic mass is 10.1. The van der Waals surface area contributed by atoms with Crippen LogP contribution in [0.3, 0.4) is 0 Å². The molecule has 0 saturated carbocycles. The number of pyridine rings is 1. The maximum Gasteiger partial charge on any atom is 0.133 e. The van der Waals surface area contributed by atoms with E-state index in [0.29, 0.717) is 0 Å². The van der Waals surface area contributed by atoms with Crippen molar-refractivity contribution in [1.29, 1.82) is 0 Å². The third-order valence-electron chi connectivity index (χ3n) is 3.25. The molecule has 0 aliphatic carbocycles. The smallest absolute Gasteiger partial charge is 0.133 e. The summed E-state index contributed by atoms with van der Waals surface area (Å²) >= 11 is 0. The molecule has 21 heavy (non-hydrogen) atoms. The zero-order valence-corrected chi connectivity index (χ0v) is 13.4. The summed E-state index contributed by atoms with van der Waals surface area (Å²) in [6.45, 7) is 10.3. The summed E-state index contributed by atoms with van der Waals surface area (Å²) in [5.74, 6) is 0.997. The van der Waals surface area contributed by atoms with Crippen molar-refractivity contribution < 1.29 is 0 Å². The minimum absolute atomic E-state index is 0.0988. The third kappa shape index (κ3) is 4.57. The summed E-state index contributed by atoms with van der Waals surface area (Å²) < 4.78 is 0. The molecule has 0 saturated heterocycles. The monoisotopic (exact) mass is 283 g/mol.